The Morgan fingerprint density at radius 1 is 1.03 bits per heavy atom. The van der Waals surface area contributed by atoms with Crippen LogP contribution in [0.4, 0.5) is 18.0 Å². The molecule has 1 atom stereocenters. The summed E-state index contributed by atoms with van der Waals surface area (Å²) in [4.78, 5) is 36.5. The Morgan fingerprint density at radius 2 is 1.57 bits per heavy atom. The molecule has 2 aromatic rings. The lowest BCUT2D eigenvalue weighted by molar-refractivity contribution is -0.206. The van der Waals surface area contributed by atoms with Crippen molar-refractivity contribution in [3.63, 3.8) is 0 Å². The van der Waals surface area contributed by atoms with Crippen molar-refractivity contribution in [1.82, 2.24) is 10.2 Å². The van der Waals surface area contributed by atoms with Crippen molar-refractivity contribution < 1.29 is 42.1 Å². The summed E-state index contributed by atoms with van der Waals surface area (Å²) in [7, 11) is 0. The quantitative estimate of drug-likeness (QED) is 0.615. The minimum Gasteiger partial charge on any atom is -0.480 e. The van der Waals surface area contributed by atoms with Crippen LogP contribution in [-0.2, 0) is 19.1 Å². The summed E-state index contributed by atoms with van der Waals surface area (Å²) in [6, 6.07) is 15.0. The number of alkyl carbamates (subject to hydrolysis) is 1. The number of carboxylic acid groups (broad SMARTS) is 1. The Kier molecular flexibility index (Phi) is 6.46. The molecule has 1 saturated heterocycles. The Balaban J connectivity index is 1.42. The lowest BCUT2D eigenvalue weighted by Gasteiger charge is -2.43. The van der Waals surface area contributed by atoms with E-state index in [1.807, 2.05) is 48.5 Å². The number of ether oxygens (including phenoxy) is 2. The van der Waals surface area contributed by atoms with Crippen molar-refractivity contribution in [1.29, 1.82) is 0 Å². The van der Waals surface area contributed by atoms with Crippen molar-refractivity contribution in [2.45, 2.75) is 30.7 Å². The summed E-state index contributed by atoms with van der Waals surface area (Å²) >= 11 is 0. The molecule has 35 heavy (non-hydrogen) atoms. The second kappa shape index (κ2) is 9.21. The molecular formula is C24H23F3N2O6. The number of rotatable bonds is 7. The predicted octanol–water partition coefficient (Wildman–Crippen LogP) is 3.16. The van der Waals surface area contributed by atoms with Gasteiger partial charge in [-0.2, -0.15) is 13.2 Å². The molecule has 186 valence electrons. The summed E-state index contributed by atoms with van der Waals surface area (Å²) in [5.74, 6) is -2.97. The number of amides is 2. The molecule has 2 N–H and O–H groups in total. The van der Waals surface area contributed by atoms with E-state index < -0.39 is 42.4 Å². The predicted molar refractivity (Wildman–Crippen MR) is 117 cm³/mol. The lowest BCUT2D eigenvalue weighted by atomic mass is 9.97. The second-order valence-corrected chi connectivity index (χ2v) is 8.61. The molecule has 8 nitrogen and oxygen atoms in total. The summed E-state index contributed by atoms with van der Waals surface area (Å²) < 4.78 is 51.8. The van der Waals surface area contributed by atoms with Crippen LogP contribution in [0.25, 0.3) is 11.1 Å². The molecular weight excluding hydrogens is 469 g/mol. The highest BCUT2D eigenvalue weighted by molar-refractivity contribution is 5.91. The molecule has 2 aromatic carbocycles. The van der Waals surface area contributed by atoms with E-state index >= 15 is 0 Å². The van der Waals surface area contributed by atoms with Crippen LogP contribution in [0.5, 0.6) is 0 Å². The van der Waals surface area contributed by atoms with Gasteiger partial charge in [0, 0.05) is 19.0 Å². The first-order valence-electron chi connectivity index (χ1n) is 10.8. The fourth-order valence-corrected chi connectivity index (χ4v) is 4.30. The van der Waals surface area contributed by atoms with Crippen LogP contribution in [0.2, 0.25) is 0 Å². The number of aliphatic carboxylic acids is 1. The fourth-order valence-electron chi connectivity index (χ4n) is 4.30. The highest BCUT2D eigenvalue weighted by Crippen LogP contribution is 2.44. The molecule has 2 aliphatic rings. The van der Waals surface area contributed by atoms with Crippen LogP contribution < -0.4 is 5.32 Å². The number of halogens is 3. The maximum atomic E-state index is 13.9. The first-order chi connectivity index (χ1) is 16.5. The van der Waals surface area contributed by atoms with Gasteiger partial charge >= 0.3 is 18.2 Å². The summed E-state index contributed by atoms with van der Waals surface area (Å²) in [5, 5.41) is 10.3. The summed E-state index contributed by atoms with van der Waals surface area (Å²) in [6.07, 6.45) is -7.18. The lowest BCUT2D eigenvalue weighted by Crippen LogP contribution is -2.70. The van der Waals surface area contributed by atoms with Gasteiger partial charge in [0.25, 0.3) is 5.91 Å². The number of hydrogen-bond acceptors (Lipinski definition) is 5. The zero-order valence-corrected chi connectivity index (χ0v) is 18.7. The third kappa shape index (κ3) is 4.68. The molecule has 0 saturated carbocycles. The van der Waals surface area contributed by atoms with Crippen LogP contribution in [0.15, 0.2) is 48.5 Å². The van der Waals surface area contributed by atoms with Gasteiger partial charge in [0.05, 0.1) is 6.10 Å². The number of nitrogens with zero attached hydrogens (tertiary/aromatic N) is 1. The number of hydrogen-bond donors (Lipinski definition) is 2. The summed E-state index contributed by atoms with van der Waals surface area (Å²) in [5.41, 5.74) is 0.482. The van der Waals surface area contributed by atoms with Crippen LogP contribution in [0.1, 0.15) is 24.0 Å². The molecule has 1 aliphatic carbocycles. The Morgan fingerprint density at radius 3 is 2.09 bits per heavy atom. The topological polar surface area (TPSA) is 105 Å². The van der Waals surface area contributed by atoms with Crippen molar-refractivity contribution in [3.8, 4) is 11.1 Å². The molecule has 1 heterocycles. The van der Waals surface area contributed by atoms with Crippen LogP contribution in [-0.4, -0.2) is 72.1 Å². The SMILES string of the molecule is CC(NC(=O)OCC1c2ccccc2-c2ccccc21)(C(=O)N1CC(OCC(=O)O)C1)C(F)(F)F. The number of benzene rings is 2. The zero-order valence-electron chi connectivity index (χ0n) is 18.7. The number of alkyl halides is 3. The van der Waals surface area contributed by atoms with E-state index in [1.165, 1.54) is 0 Å². The highest BCUT2D eigenvalue weighted by atomic mass is 19.4. The zero-order chi connectivity index (χ0) is 25.4. The third-order valence-electron chi connectivity index (χ3n) is 6.27. The van der Waals surface area contributed by atoms with Gasteiger partial charge in [-0.15, -0.1) is 0 Å². The van der Waals surface area contributed by atoms with Crippen molar-refractivity contribution in [2.75, 3.05) is 26.3 Å². The van der Waals surface area contributed by atoms with E-state index in [2.05, 4.69) is 0 Å². The molecule has 0 aromatic heterocycles. The highest BCUT2D eigenvalue weighted by Gasteiger charge is 2.60. The van der Waals surface area contributed by atoms with Crippen LogP contribution >= 0.6 is 0 Å². The minimum absolute atomic E-state index is 0.212. The van der Waals surface area contributed by atoms with E-state index in [-0.39, 0.29) is 25.6 Å². The molecule has 1 unspecified atom stereocenters. The molecule has 1 aliphatic heterocycles. The van der Waals surface area contributed by atoms with Gasteiger partial charge in [-0.3, -0.25) is 10.1 Å². The van der Waals surface area contributed by atoms with Crippen molar-refractivity contribution in [3.05, 3.63) is 59.7 Å². The fraction of sp³-hybridized carbons (Fsp3) is 0.375. The average molecular weight is 492 g/mol. The van der Waals surface area contributed by atoms with E-state index in [0.717, 1.165) is 27.2 Å². The monoisotopic (exact) mass is 492 g/mol. The summed E-state index contributed by atoms with van der Waals surface area (Å²) in [6.45, 7) is -0.700. The van der Waals surface area contributed by atoms with E-state index in [0.29, 0.717) is 6.92 Å². The standard InChI is InChI=1S/C24H23F3N2O6/c1-23(24(25,26)27,21(32)29-10-14(11-29)34-13-20(30)31)28-22(33)35-12-19-17-8-4-2-6-15(17)16-7-3-5-9-18(16)19/h2-9,14,19H,10-13H2,1H3,(H,28,33)(H,30,31). The Bertz CT molecular complexity index is 1100. The van der Waals surface area contributed by atoms with Gasteiger partial charge in [0.2, 0.25) is 5.54 Å². The Labute approximate surface area is 198 Å². The van der Waals surface area contributed by atoms with Gasteiger partial charge in [-0.25, -0.2) is 9.59 Å². The van der Waals surface area contributed by atoms with Gasteiger partial charge in [-0.1, -0.05) is 48.5 Å². The molecule has 11 heteroatoms. The number of fused-ring (bicyclic) bond motifs is 3. The van der Waals surface area contributed by atoms with E-state index in [1.54, 1.807) is 5.32 Å². The Hall–Kier alpha value is -3.60. The molecule has 2 amide bonds. The maximum absolute atomic E-state index is 13.9. The van der Waals surface area contributed by atoms with Gasteiger partial charge in [0.15, 0.2) is 0 Å². The first-order valence-corrected chi connectivity index (χ1v) is 10.8. The van der Waals surface area contributed by atoms with Crippen LogP contribution in [0, 0.1) is 0 Å². The normalized spacial score (nSPS) is 17.1. The van der Waals surface area contributed by atoms with Gasteiger partial charge in [-0.05, 0) is 29.2 Å². The number of carbonyl (C=O) groups is 3. The van der Waals surface area contributed by atoms with Crippen molar-refractivity contribution in [2.24, 2.45) is 0 Å². The largest absolute Gasteiger partial charge is 0.480 e. The van der Waals surface area contributed by atoms with Gasteiger partial charge < -0.3 is 19.5 Å². The molecule has 4 rings (SSSR count). The third-order valence-corrected chi connectivity index (χ3v) is 6.27. The first kappa shape index (κ1) is 24.5. The molecule has 0 spiro atoms. The van der Waals surface area contributed by atoms with E-state index in [9.17, 15) is 27.6 Å². The number of nitrogens with one attached hydrogen (secondary N) is 1. The van der Waals surface area contributed by atoms with Gasteiger partial charge in [0.1, 0.15) is 13.2 Å². The second-order valence-electron chi connectivity index (χ2n) is 8.61. The molecule has 1 fully saturated rings. The number of likely N-dealkylation sites (tertiary alicyclic amines) is 1. The average Bonchev–Trinajstić information content (AvgIpc) is 3.09. The number of carboxylic acids is 1. The smallest absolute Gasteiger partial charge is 0.420 e. The van der Waals surface area contributed by atoms with Crippen LogP contribution in [0.3, 0.4) is 0 Å². The van der Waals surface area contributed by atoms with Crippen molar-refractivity contribution >= 4 is 18.0 Å². The molecule has 0 bridgehead atoms. The molecule has 0 radical (unpaired) electrons. The van der Waals surface area contributed by atoms with E-state index in [4.69, 9.17) is 14.6 Å². The minimum atomic E-state index is -5.11. The number of carbonyl (C=O) groups excluding carboxylic acids is 2. The maximum Gasteiger partial charge on any atom is 0.420 e.